The van der Waals surface area contributed by atoms with Crippen LogP contribution >= 0.6 is 27.3 Å². The Morgan fingerprint density at radius 2 is 1.72 bits per heavy atom. The van der Waals surface area contributed by atoms with Crippen molar-refractivity contribution in [3.63, 3.8) is 0 Å². The summed E-state index contributed by atoms with van der Waals surface area (Å²) in [5, 5.41) is 0. The molecule has 1 amide bonds. The molecule has 132 valence electrons. The SMILES string of the molecule is O=C(/C=C/c1ccccc1)N1CCN(S(=O)(=O)c2ccc(Br)s2)CC1. The van der Waals surface area contributed by atoms with Gasteiger partial charge in [-0.3, -0.25) is 4.79 Å². The summed E-state index contributed by atoms with van der Waals surface area (Å²) in [6, 6.07) is 12.9. The zero-order chi connectivity index (χ0) is 17.9. The van der Waals surface area contributed by atoms with Crippen molar-refractivity contribution in [2.45, 2.75) is 4.21 Å². The third-order valence-electron chi connectivity index (χ3n) is 3.91. The maximum atomic E-state index is 12.6. The lowest BCUT2D eigenvalue weighted by Gasteiger charge is -2.33. The van der Waals surface area contributed by atoms with Crippen molar-refractivity contribution < 1.29 is 13.2 Å². The fraction of sp³-hybridized carbons (Fsp3) is 0.235. The molecule has 2 heterocycles. The maximum Gasteiger partial charge on any atom is 0.252 e. The predicted molar refractivity (Wildman–Crippen MR) is 103 cm³/mol. The number of hydrogen-bond donors (Lipinski definition) is 0. The van der Waals surface area contributed by atoms with E-state index in [1.54, 1.807) is 23.1 Å². The van der Waals surface area contributed by atoms with Gasteiger partial charge in [0.1, 0.15) is 4.21 Å². The largest absolute Gasteiger partial charge is 0.337 e. The Morgan fingerprint density at radius 1 is 1.04 bits per heavy atom. The van der Waals surface area contributed by atoms with Crippen LogP contribution in [0.2, 0.25) is 0 Å². The number of carbonyl (C=O) groups is 1. The number of piperazine rings is 1. The molecular weight excluding hydrogens is 424 g/mol. The Balaban J connectivity index is 1.60. The van der Waals surface area contributed by atoms with E-state index in [-0.39, 0.29) is 5.91 Å². The van der Waals surface area contributed by atoms with Crippen LogP contribution in [0.25, 0.3) is 6.08 Å². The number of amides is 1. The second-order valence-corrected chi connectivity index (χ2v) is 10.2. The van der Waals surface area contributed by atoms with Crippen LogP contribution in [-0.4, -0.2) is 49.7 Å². The van der Waals surface area contributed by atoms with Gasteiger partial charge >= 0.3 is 0 Å². The topological polar surface area (TPSA) is 57.7 Å². The van der Waals surface area contributed by atoms with Crippen molar-refractivity contribution in [1.82, 2.24) is 9.21 Å². The number of rotatable bonds is 4. The van der Waals surface area contributed by atoms with E-state index in [2.05, 4.69) is 15.9 Å². The highest BCUT2D eigenvalue weighted by Gasteiger charge is 2.30. The average Bonchev–Trinajstić information content (AvgIpc) is 3.08. The zero-order valence-electron chi connectivity index (χ0n) is 13.3. The van der Waals surface area contributed by atoms with Gasteiger partial charge in [0.25, 0.3) is 10.0 Å². The van der Waals surface area contributed by atoms with Gasteiger partial charge in [-0.05, 0) is 39.7 Å². The fourth-order valence-corrected chi connectivity index (χ4v) is 6.14. The minimum atomic E-state index is -3.48. The Bertz CT molecular complexity index is 870. The van der Waals surface area contributed by atoms with Crippen LogP contribution in [0.5, 0.6) is 0 Å². The number of halogens is 1. The minimum Gasteiger partial charge on any atom is -0.337 e. The molecule has 1 aliphatic rings. The highest BCUT2D eigenvalue weighted by Crippen LogP contribution is 2.28. The molecule has 0 N–H and O–H groups in total. The van der Waals surface area contributed by atoms with E-state index in [0.29, 0.717) is 30.4 Å². The minimum absolute atomic E-state index is 0.0974. The van der Waals surface area contributed by atoms with E-state index in [1.807, 2.05) is 30.3 Å². The van der Waals surface area contributed by atoms with Crippen molar-refractivity contribution in [3.05, 3.63) is 57.9 Å². The number of thiophene rings is 1. The normalized spacial score (nSPS) is 16.4. The molecule has 0 aliphatic carbocycles. The standard InChI is InChI=1S/C17H17BrN2O3S2/c18-15-7-9-17(24-15)25(22,23)20-12-10-19(11-13-20)16(21)8-6-14-4-2-1-3-5-14/h1-9H,10-13H2/b8-6+. The first-order valence-corrected chi connectivity index (χ1v) is 10.8. The highest BCUT2D eigenvalue weighted by molar-refractivity contribution is 9.11. The summed E-state index contributed by atoms with van der Waals surface area (Å²) in [7, 11) is -3.48. The van der Waals surface area contributed by atoms with Crippen molar-refractivity contribution in [3.8, 4) is 0 Å². The number of benzene rings is 1. The molecule has 0 saturated carbocycles. The second-order valence-electron chi connectivity index (χ2n) is 5.53. The van der Waals surface area contributed by atoms with E-state index in [0.717, 1.165) is 9.35 Å². The van der Waals surface area contributed by atoms with Gasteiger partial charge in [0.15, 0.2) is 0 Å². The second kappa shape index (κ2) is 7.82. The number of nitrogens with zero attached hydrogens (tertiary/aromatic N) is 2. The predicted octanol–water partition coefficient (Wildman–Crippen LogP) is 3.06. The number of hydrogen-bond acceptors (Lipinski definition) is 4. The number of sulfonamides is 1. The molecule has 1 aromatic carbocycles. The highest BCUT2D eigenvalue weighted by atomic mass is 79.9. The molecule has 1 aromatic heterocycles. The molecule has 1 saturated heterocycles. The summed E-state index contributed by atoms with van der Waals surface area (Å²) in [6.07, 6.45) is 3.31. The van der Waals surface area contributed by atoms with Crippen LogP contribution in [-0.2, 0) is 14.8 Å². The van der Waals surface area contributed by atoms with Gasteiger partial charge in [-0.1, -0.05) is 30.3 Å². The molecule has 2 aromatic rings. The van der Waals surface area contributed by atoms with Crippen LogP contribution in [0.4, 0.5) is 0 Å². The summed E-state index contributed by atoms with van der Waals surface area (Å²) in [5.74, 6) is -0.0974. The van der Waals surface area contributed by atoms with Gasteiger partial charge in [0.05, 0.1) is 3.79 Å². The molecule has 8 heteroatoms. The molecule has 0 radical (unpaired) electrons. The van der Waals surface area contributed by atoms with Crippen LogP contribution < -0.4 is 0 Å². The summed E-state index contributed by atoms with van der Waals surface area (Å²) in [6.45, 7) is 1.40. The first-order chi connectivity index (χ1) is 12.0. The average molecular weight is 441 g/mol. The fourth-order valence-electron chi connectivity index (χ4n) is 2.55. The first kappa shape index (κ1) is 18.3. The quantitative estimate of drug-likeness (QED) is 0.686. The smallest absolute Gasteiger partial charge is 0.252 e. The molecule has 0 bridgehead atoms. The summed E-state index contributed by atoms with van der Waals surface area (Å²) in [4.78, 5) is 13.9. The molecule has 0 atom stereocenters. The van der Waals surface area contributed by atoms with Crippen molar-refractivity contribution in [2.24, 2.45) is 0 Å². The molecule has 3 rings (SSSR count). The third kappa shape index (κ3) is 4.38. The lowest BCUT2D eigenvalue weighted by molar-refractivity contribution is -0.127. The third-order valence-corrected chi connectivity index (χ3v) is 7.90. The summed E-state index contributed by atoms with van der Waals surface area (Å²) < 4.78 is 27.7. The van der Waals surface area contributed by atoms with Crippen LogP contribution in [0.15, 0.2) is 56.5 Å². The molecule has 1 fully saturated rings. The lowest BCUT2D eigenvalue weighted by atomic mass is 10.2. The van der Waals surface area contributed by atoms with E-state index in [4.69, 9.17) is 0 Å². The van der Waals surface area contributed by atoms with Crippen molar-refractivity contribution in [2.75, 3.05) is 26.2 Å². The Morgan fingerprint density at radius 3 is 2.32 bits per heavy atom. The Hall–Kier alpha value is -1.48. The summed E-state index contributed by atoms with van der Waals surface area (Å²) in [5.41, 5.74) is 0.959. The van der Waals surface area contributed by atoms with Crippen molar-refractivity contribution in [1.29, 1.82) is 0 Å². The van der Waals surface area contributed by atoms with Gasteiger partial charge in [-0.25, -0.2) is 8.42 Å². The van der Waals surface area contributed by atoms with Gasteiger partial charge in [0.2, 0.25) is 5.91 Å². The Kier molecular flexibility index (Phi) is 5.73. The lowest BCUT2D eigenvalue weighted by Crippen LogP contribution is -2.50. The van der Waals surface area contributed by atoms with Gasteiger partial charge in [0, 0.05) is 32.3 Å². The van der Waals surface area contributed by atoms with E-state index >= 15 is 0 Å². The van der Waals surface area contributed by atoms with Gasteiger partial charge < -0.3 is 4.90 Å². The zero-order valence-corrected chi connectivity index (χ0v) is 16.6. The van der Waals surface area contributed by atoms with Crippen LogP contribution in [0.1, 0.15) is 5.56 Å². The maximum absolute atomic E-state index is 12.6. The van der Waals surface area contributed by atoms with E-state index in [9.17, 15) is 13.2 Å². The van der Waals surface area contributed by atoms with Crippen LogP contribution in [0.3, 0.4) is 0 Å². The number of carbonyl (C=O) groups excluding carboxylic acids is 1. The van der Waals surface area contributed by atoms with Gasteiger partial charge in [-0.15, -0.1) is 11.3 Å². The van der Waals surface area contributed by atoms with E-state index in [1.165, 1.54) is 21.7 Å². The molecule has 1 aliphatic heterocycles. The first-order valence-electron chi connectivity index (χ1n) is 7.74. The van der Waals surface area contributed by atoms with Crippen molar-refractivity contribution >= 4 is 49.3 Å². The van der Waals surface area contributed by atoms with Crippen LogP contribution in [0, 0.1) is 0 Å². The Labute approximate surface area is 159 Å². The molecule has 5 nitrogen and oxygen atoms in total. The molecule has 25 heavy (non-hydrogen) atoms. The molecule has 0 unspecified atom stereocenters. The summed E-state index contributed by atoms with van der Waals surface area (Å²) >= 11 is 4.49. The van der Waals surface area contributed by atoms with Gasteiger partial charge in [-0.2, -0.15) is 4.31 Å². The monoisotopic (exact) mass is 440 g/mol. The molecule has 0 spiro atoms. The van der Waals surface area contributed by atoms with E-state index < -0.39 is 10.0 Å². The molecular formula is C17H17BrN2O3S2.